The van der Waals surface area contributed by atoms with Gasteiger partial charge in [0.1, 0.15) is 6.23 Å². The molecule has 32 heavy (non-hydrogen) atoms. The van der Waals surface area contributed by atoms with E-state index in [1.165, 1.54) is 4.90 Å². The van der Waals surface area contributed by atoms with Gasteiger partial charge in [0.15, 0.2) is 17.0 Å². The van der Waals surface area contributed by atoms with Crippen molar-refractivity contribution in [1.29, 1.82) is 5.26 Å². The van der Waals surface area contributed by atoms with Crippen LogP contribution in [-0.4, -0.2) is 36.4 Å². The number of hydrogen-bond acceptors (Lipinski definition) is 5. The Balaban J connectivity index is 1.81. The second-order valence-corrected chi connectivity index (χ2v) is 8.07. The number of ether oxygens (including phenoxy) is 2. The van der Waals surface area contributed by atoms with Gasteiger partial charge in [-0.05, 0) is 46.5 Å². The minimum atomic E-state index is -1.37. The Morgan fingerprint density at radius 1 is 1.03 bits per heavy atom. The van der Waals surface area contributed by atoms with E-state index < -0.39 is 17.7 Å². The third kappa shape index (κ3) is 2.65. The molecule has 0 saturated heterocycles. The van der Waals surface area contributed by atoms with E-state index in [-0.39, 0.29) is 12.3 Å². The number of aliphatic hydroxyl groups is 1. The molecule has 1 aliphatic carbocycles. The number of carbonyl (C=O) groups is 1. The van der Waals surface area contributed by atoms with Crippen LogP contribution in [0.15, 0.2) is 66.7 Å². The molecule has 2 bridgehead atoms. The summed E-state index contributed by atoms with van der Waals surface area (Å²) in [5, 5.41) is 22.2. The van der Waals surface area contributed by atoms with Gasteiger partial charge in [-0.1, -0.05) is 42.5 Å². The molecule has 160 valence electrons. The summed E-state index contributed by atoms with van der Waals surface area (Å²) >= 11 is 0. The number of aliphatic hydroxyl groups excluding tert-OH is 1. The monoisotopic (exact) mass is 426 g/mol. The summed E-state index contributed by atoms with van der Waals surface area (Å²) in [5.74, 6) is 0.164. The third-order valence-electron chi connectivity index (χ3n) is 6.57. The summed E-state index contributed by atoms with van der Waals surface area (Å²) in [6, 6.07) is 22.4. The highest BCUT2D eigenvalue weighted by molar-refractivity contribution is 5.96. The van der Waals surface area contributed by atoms with Crippen molar-refractivity contribution in [3.63, 3.8) is 0 Å². The lowest BCUT2D eigenvalue weighted by Gasteiger charge is -2.47. The first-order valence-corrected chi connectivity index (χ1v) is 10.4. The van der Waals surface area contributed by atoms with Crippen molar-refractivity contribution in [1.82, 2.24) is 4.90 Å². The van der Waals surface area contributed by atoms with Crippen LogP contribution in [0.5, 0.6) is 11.5 Å². The first-order chi connectivity index (χ1) is 15.6. The quantitative estimate of drug-likeness (QED) is 0.692. The second-order valence-electron chi connectivity index (χ2n) is 8.07. The summed E-state index contributed by atoms with van der Waals surface area (Å²) in [6.45, 7) is 0. The maximum absolute atomic E-state index is 13.7. The Morgan fingerprint density at radius 3 is 2.38 bits per heavy atom. The number of nitriles is 1. The zero-order chi connectivity index (χ0) is 22.5. The van der Waals surface area contributed by atoms with Crippen LogP contribution in [0.2, 0.25) is 0 Å². The van der Waals surface area contributed by atoms with E-state index in [4.69, 9.17) is 9.47 Å². The van der Waals surface area contributed by atoms with Crippen LogP contribution in [0.4, 0.5) is 0 Å². The topological polar surface area (TPSA) is 82.8 Å². The van der Waals surface area contributed by atoms with Gasteiger partial charge < -0.3 is 14.6 Å². The van der Waals surface area contributed by atoms with Crippen LogP contribution >= 0.6 is 0 Å². The van der Waals surface area contributed by atoms with Crippen LogP contribution in [0.1, 0.15) is 38.5 Å². The van der Waals surface area contributed by atoms with Crippen molar-refractivity contribution >= 4 is 5.91 Å². The maximum atomic E-state index is 13.7. The van der Waals surface area contributed by atoms with Gasteiger partial charge in [0, 0.05) is 12.0 Å². The minimum absolute atomic E-state index is 0.225. The molecule has 6 heteroatoms. The average Bonchev–Trinajstić information content (AvgIpc) is 3.03. The van der Waals surface area contributed by atoms with Gasteiger partial charge in [-0.3, -0.25) is 9.69 Å². The normalized spacial score (nSPS) is 22.9. The fourth-order valence-corrected chi connectivity index (χ4v) is 5.14. The van der Waals surface area contributed by atoms with E-state index in [1.807, 2.05) is 42.5 Å². The van der Waals surface area contributed by atoms with Crippen molar-refractivity contribution in [2.45, 2.75) is 24.1 Å². The maximum Gasteiger partial charge on any atom is 0.257 e. The molecule has 0 radical (unpaired) electrons. The second kappa shape index (κ2) is 7.40. The number of fused-ring (bicyclic) bond motifs is 1. The van der Waals surface area contributed by atoms with E-state index >= 15 is 0 Å². The predicted octanol–water partition coefficient (Wildman–Crippen LogP) is 3.59. The zero-order valence-corrected chi connectivity index (χ0v) is 17.8. The smallest absolute Gasteiger partial charge is 0.257 e. The SMILES string of the molecule is COc1cc2c(cc1OC)[C@H]1c3ccccc3[C@@](C#N)(C2)N(C(=O)c2ccccc2)[C@@H]1O. The molecule has 2 aliphatic heterocycles. The number of benzene rings is 3. The van der Waals surface area contributed by atoms with E-state index in [0.29, 0.717) is 17.1 Å². The molecular formula is C26H22N2O4. The highest BCUT2D eigenvalue weighted by Crippen LogP contribution is 2.53. The molecule has 2 heterocycles. The third-order valence-corrected chi connectivity index (χ3v) is 6.57. The van der Waals surface area contributed by atoms with Crippen LogP contribution < -0.4 is 9.47 Å². The molecule has 3 aliphatic rings. The lowest BCUT2D eigenvalue weighted by Crippen LogP contribution is -2.58. The molecule has 3 atom stereocenters. The molecule has 0 fully saturated rings. The van der Waals surface area contributed by atoms with Crippen molar-refractivity contribution in [2.75, 3.05) is 14.2 Å². The molecule has 3 aromatic carbocycles. The summed E-state index contributed by atoms with van der Waals surface area (Å²) in [7, 11) is 3.12. The van der Waals surface area contributed by atoms with Crippen LogP contribution in [0.3, 0.4) is 0 Å². The number of hydrogen-bond donors (Lipinski definition) is 1. The molecule has 6 rings (SSSR count). The van der Waals surface area contributed by atoms with Gasteiger partial charge in [-0.2, -0.15) is 5.26 Å². The number of methoxy groups -OCH3 is 2. The molecular weight excluding hydrogens is 404 g/mol. The van der Waals surface area contributed by atoms with Crippen molar-refractivity contribution in [2.24, 2.45) is 0 Å². The molecule has 0 aromatic heterocycles. The Hall–Kier alpha value is -3.82. The van der Waals surface area contributed by atoms with Crippen molar-refractivity contribution in [3.05, 3.63) is 94.5 Å². The lowest BCUT2D eigenvalue weighted by molar-refractivity contribution is -0.0463. The molecule has 0 spiro atoms. The van der Waals surface area contributed by atoms with Gasteiger partial charge in [0.25, 0.3) is 5.91 Å². The van der Waals surface area contributed by atoms with Gasteiger partial charge in [-0.25, -0.2) is 0 Å². The summed E-state index contributed by atoms with van der Waals surface area (Å²) < 4.78 is 11.0. The number of amides is 1. The molecule has 6 nitrogen and oxygen atoms in total. The number of nitrogens with zero attached hydrogens (tertiary/aromatic N) is 2. The van der Waals surface area contributed by atoms with Crippen molar-refractivity contribution in [3.8, 4) is 17.6 Å². The fourth-order valence-electron chi connectivity index (χ4n) is 5.14. The van der Waals surface area contributed by atoms with Gasteiger partial charge in [0.05, 0.1) is 26.2 Å². The van der Waals surface area contributed by atoms with Gasteiger partial charge in [0.2, 0.25) is 0 Å². The predicted molar refractivity (Wildman–Crippen MR) is 117 cm³/mol. The minimum Gasteiger partial charge on any atom is -0.493 e. The van der Waals surface area contributed by atoms with Crippen LogP contribution in [0.25, 0.3) is 0 Å². The molecule has 1 N–H and O–H groups in total. The standard InChI is InChI=1S/C26H22N2O4/c1-31-21-12-17-14-26(15-27)20-11-7-6-10-18(20)23(19(17)13-22(21)32-2)25(30)28(26)24(29)16-8-4-3-5-9-16/h3-13,23,25,30H,14H2,1-2H3/t23-,25-,26+/m1/s1. The molecule has 0 saturated carbocycles. The van der Waals surface area contributed by atoms with Crippen LogP contribution in [0, 0.1) is 11.3 Å². The van der Waals surface area contributed by atoms with Crippen LogP contribution in [-0.2, 0) is 12.0 Å². The zero-order valence-electron chi connectivity index (χ0n) is 17.8. The van der Waals surface area contributed by atoms with Gasteiger partial charge in [-0.15, -0.1) is 0 Å². The number of rotatable bonds is 3. The summed E-state index contributed by atoms with van der Waals surface area (Å²) in [5.41, 5.74) is 2.28. The number of carbonyl (C=O) groups excluding carboxylic acids is 1. The lowest BCUT2D eigenvalue weighted by atomic mass is 9.76. The molecule has 1 amide bonds. The largest absolute Gasteiger partial charge is 0.493 e. The fraction of sp³-hybridized carbons (Fsp3) is 0.231. The first kappa shape index (κ1) is 20.1. The Kier molecular flexibility index (Phi) is 4.65. The van der Waals surface area contributed by atoms with E-state index in [1.54, 1.807) is 38.5 Å². The summed E-state index contributed by atoms with van der Waals surface area (Å²) in [6.07, 6.45) is -1.00. The highest BCUT2D eigenvalue weighted by Gasteiger charge is 2.56. The van der Waals surface area contributed by atoms with E-state index in [0.717, 1.165) is 22.3 Å². The summed E-state index contributed by atoms with van der Waals surface area (Å²) in [4.78, 5) is 15.0. The molecule has 3 aromatic rings. The average molecular weight is 426 g/mol. The van der Waals surface area contributed by atoms with Crippen molar-refractivity contribution < 1.29 is 19.4 Å². The Morgan fingerprint density at radius 2 is 1.69 bits per heavy atom. The van der Waals surface area contributed by atoms with E-state index in [2.05, 4.69) is 6.07 Å². The Labute approximate surface area is 186 Å². The molecule has 0 unspecified atom stereocenters. The van der Waals surface area contributed by atoms with Gasteiger partial charge >= 0.3 is 0 Å². The Bertz CT molecular complexity index is 1250. The first-order valence-electron chi connectivity index (χ1n) is 10.4. The van der Waals surface area contributed by atoms with E-state index in [9.17, 15) is 15.2 Å². The highest BCUT2D eigenvalue weighted by atomic mass is 16.5.